The van der Waals surface area contributed by atoms with Crippen molar-refractivity contribution >= 4 is 34.8 Å². The fourth-order valence-electron chi connectivity index (χ4n) is 3.80. The molecule has 142 valence electrons. The van der Waals surface area contributed by atoms with Crippen LogP contribution in [0.5, 0.6) is 0 Å². The molecule has 1 aromatic carbocycles. The Morgan fingerprint density at radius 2 is 2.00 bits per heavy atom. The number of amides is 1. The van der Waals surface area contributed by atoms with E-state index in [2.05, 4.69) is 0 Å². The molecular weight excluding hydrogens is 393 g/mol. The number of piperidine rings is 1. The Bertz CT molecular complexity index is 920. The van der Waals surface area contributed by atoms with Gasteiger partial charge in [-0.1, -0.05) is 11.6 Å². The van der Waals surface area contributed by atoms with Crippen LogP contribution in [0.3, 0.4) is 0 Å². The van der Waals surface area contributed by atoms with Gasteiger partial charge in [0.15, 0.2) is 0 Å². The fourth-order valence-corrected chi connectivity index (χ4v) is 5.21. The van der Waals surface area contributed by atoms with Crippen molar-refractivity contribution < 1.29 is 23.8 Å². The first-order valence-corrected chi connectivity index (χ1v) is 9.84. The lowest BCUT2D eigenvalue weighted by molar-refractivity contribution is -0.0906. The van der Waals surface area contributed by atoms with Gasteiger partial charge in [0.1, 0.15) is 16.3 Å². The lowest BCUT2D eigenvalue weighted by Gasteiger charge is -2.43. The van der Waals surface area contributed by atoms with Gasteiger partial charge in [-0.2, -0.15) is 0 Å². The maximum Gasteiger partial charge on any atom is 0.345 e. The van der Waals surface area contributed by atoms with E-state index in [0.717, 1.165) is 16.5 Å². The van der Waals surface area contributed by atoms with Gasteiger partial charge in [0, 0.05) is 23.0 Å². The highest BCUT2D eigenvalue weighted by Crippen LogP contribution is 2.45. The third kappa shape index (κ3) is 3.24. The molecule has 1 N–H and O–H groups in total. The van der Waals surface area contributed by atoms with E-state index in [1.54, 1.807) is 11.0 Å². The molecule has 5 nitrogen and oxygen atoms in total. The lowest BCUT2D eigenvalue weighted by atomic mass is 9.85. The van der Waals surface area contributed by atoms with E-state index < -0.39 is 17.4 Å². The summed E-state index contributed by atoms with van der Waals surface area (Å²) in [7, 11) is 0. The fraction of sp³-hybridized carbons (Fsp3) is 0.368. The highest BCUT2D eigenvalue weighted by atomic mass is 35.5. The summed E-state index contributed by atoms with van der Waals surface area (Å²) >= 11 is 7.01. The molecule has 2 aliphatic rings. The molecule has 1 amide bonds. The van der Waals surface area contributed by atoms with Crippen molar-refractivity contribution in [1.82, 2.24) is 4.90 Å². The Labute approximate surface area is 164 Å². The Kier molecular flexibility index (Phi) is 4.70. The molecule has 27 heavy (non-hydrogen) atoms. The summed E-state index contributed by atoms with van der Waals surface area (Å²) in [6, 6.07) is 5.76. The van der Waals surface area contributed by atoms with Crippen LogP contribution in [0, 0.1) is 5.82 Å². The summed E-state index contributed by atoms with van der Waals surface area (Å²) < 4.78 is 20.2. The number of benzene rings is 1. The molecule has 2 aromatic rings. The van der Waals surface area contributed by atoms with Gasteiger partial charge in [0.25, 0.3) is 5.91 Å². The highest BCUT2D eigenvalue weighted by molar-refractivity contribution is 7.14. The van der Waals surface area contributed by atoms with E-state index in [9.17, 15) is 19.1 Å². The summed E-state index contributed by atoms with van der Waals surface area (Å²) in [5.74, 6) is -1.93. The molecule has 4 rings (SSSR count). The maximum atomic E-state index is 14.1. The van der Waals surface area contributed by atoms with E-state index in [1.165, 1.54) is 23.5 Å². The standard InChI is InChI=1S/C19H17ClFNO4S/c20-12-1-2-13(14(21)10-12)17(23)22-6-4-19(5-7-22)16-11(3-8-26-19)9-15(27-16)18(24)25/h1-2,9-10H,3-8H2,(H,24,25). The quantitative estimate of drug-likeness (QED) is 0.815. The predicted molar refractivity (Wildman–Crippen MR) is 99.2 cm³/mol. The number of carbonyl (C=O) groups is 2. The number of thiophene rings is 1. The number of fused-ring (bicyclic) bond motifs is 2. The SMILES string of the molecule is O=C(O)c1cc2c(s1)C1(CCN(C(=O)c3ccc(Cl)cc3F)CC1)OCC2. The second kappa shape index (κ2) is 6.89. The van der Waals surface area contributed by atoms with Crippen LogP contribution >= 0.6 is 22.9 Å². The van der Waals surface area contributed by atoms with Crippen molar-refractivity contribution in [3.63, 3.8) is 0 Å². The van der Waals surface area contributed by atoms with Gasteiger partial charge in [-0.15, -0.1) is 11.3 Å². The van der Waals surface area contributed by atoms with Crippen LogP contribution in [-0.2, 0) is 16.8 Å². The number of aromatic carboxylic acids is 1. The number of hydrogen-bond donors (Lipinski definition) is 1. The summed E-state index contributed by atoms with van der Waals surface area (Å²) in [6.07, 6.45) is 1.81. The summed E-state index contributed by atoms with van der Waals surface area (Å²) in [6.45, 7) is 1.36. The van der Waals surface area contributed by atoms with Crippen LogP contribution < -0.4 is 0 Å². The second-order valence-electron chi connectivity index (χ2n) is 6.78. The molecular formula is C19H17ClFNO4S. The Morgan fingerprint density at radius 3 is 2.67 bits per heavy atom. The Balaban J connectivity index is 1.54. The molecule has 2 aliphatic heterocycles. The molecule has 1 spiro atoms. The number of carbonyl (C=O) groups excluding carboxylic acids is 1. The van der Waals surface area contributed by atoms with Crippen molar-refractivity contribution in [1.29, 1.82) is 0 Å². The van der Waals surface area contributed by atoms with Gasteiger partial charge in [0.05, 0.1) is 12.2 Å². The largest absolute Gasteiger partial charge is 0.477 e. The van der Waals surface area contributed by atoms with Crippen LogP contribution in [0.4, 0.5) is 4.39 Å². The third-order valence-corrected chi connectivity index (χ3v) is 6.79. The van der Waals surface area contributed by atoms with Crippen LogP contribution in [0.25, 0.3) is 0 Å². The molecule has 0 saturated carbocycles. The van der Waals surface area contributed by atoms with Crippen LogP contribution in [0.2, 0.25) is 5.02 Å². The van der Waals surface area contributed by atoms with Gasteiger partial charge in [-0.05, 0) is 49.1 Å². The number of carboxylic acid groups (broad SMARTS) is 1. The number of carboxylic acids is 1. The minimum atomic E-state index is -0.935. The van der Waals surface area contributed by atoms with E-state index >= 15 is 0 Å². The zero-order chi connectivity index (χ0) is 19.2. The third-order valence-electron chi connectivity index (χ3n) is 5.20. The first kappa shape index (κ1) is 18.4. The monoisotopic (exact) mass is 409 g/mol. The summed E-state index contributed by atoms with van der Waals surface area (Å²) in [4.78, 5) is 26.9. The highest BCUT2D eigenvalue weighted by Gasteiger charge is 2.43. The summed E-state index contributed by atoms with van der Waals surface area (Å²) in [5, 5.41) is 9.53. The molecule has 1 saturated heterocycles. The number of rotatable bonds is 2. The molecule has 0 aliphatic carbocycles. The number of nitrogens with zero attached hydrogens (tertiary/aromatic N) is 1. The van der Waals surface area contributed by atoms with Gasteiger partial charge in [0.2, 0.25) is 0 Å². The first-order valence-electron chi connectivity index (χ1n) is 8.64. The van der Waals surface area contributed by atoms with Gasteiger partial charge in [-0.25, -0.2) is 9.18 Å². The van der Waals surface area contributed by atoms with E-state index in [4.69, 9.17) is 16.3 Å². The number of halogens is 2. The zero-order valence-corrected chi connectivity index (χ0v) is 15.9. The first-order chi connectivity index (χ1) is 12.9. The van der Waals surface area contributed by atoms with Gasteiger partial charge < -0.3 is 14.7 Å². The maximum absolute atomic E-state index is 14.1. The zero-order valence-electron chi connectivity index (χ0n) is 14.3. The minimum Gasteiger partial charge on any atom is -0.477 e. The molecule has 1 aromatic heterocycles. The van der Waals surface area contributed by atoms with E-state index in [1.807, 2.05) is 0 Å². The smallest absolute Gasteiger partial charge is 0.345 e. The van der Waals surface area contributed by atoms with Crippen molar-refractivity contribution in [3.05, 3.63) is 56.0 Å². The average molecular weight is 410 g/mol. The molecule has 0 radical (unpaired) electrons. The Hall–Kier alpha value is -1.96. The molecule has 3 heterocycles. The van der Waals surface area contributed by atoms with Crippen molar-refractivity contribution in [3.8, 4) is 0 Å². The van der Waals surface area contributed by atoms with Gasteiger partial charge in [-0.3, -0.25) is 4.79 Å². The average Bonchev–Trinajstić information content (AvgIpc) is 3.08. The van der Waals surface area contributed by atoms with E-state index in [0.29, 0.717) is 43.8 Å². The summed E-state index contributed by atoms with van der Waals surface area (Å²) in [5.41, 5.74) is 0.471. The molecule has 0 bridgehead atoms. The number of hydrogen-bond acceptors (Lipinski definition) is 4. The van der Waals surface area contributed by atoms with Crippen LogP contribution in [0.1, 0.15) is 43.3 Å². The normalized spacial score (nSPS) is 18.4. The van der Waals surface area contributed by atoms with E-state index in [-0.39, 0.29) is 16.5 Å². The number of ether oxygens (including phenoxy) is 1. The predicted octanol–water partition coefficient (Wildman–Crippen LogP) is 3.94. The topological polar surface area (TPSA) is 66.8 Å². The molecule has 8 heteroatoms. The Morgan fingerprint density at radius 1 is 1.26 bits per heavy atom. The van der Waals surface area contributed by atoms with Gasteiger partial charge >= 0.3 is 5.97 Å². The van der Waals surface area contributed by atoms with Crippen molar-refractivity contribution in [2.24, 2.45) is 0 Å². The lowest BCUT2D eigenvalue weighted by Crippen LogP contribution is -2.48. The molecule has 0 atom stereocenters. The van der Waals surface area contributed by atoms with Crippen LogP contribution in [0.15, 0.2) is 24.3 Å². The number of likely N-dealkylation sites (tertiary alicyclic amines) is 1. The van der Waals surface area contributed by atoms with Crippen molar-refractivity contribution in [2.75, 3.05) is 19.7 Å². The molecule has 0 unspecified atom stereocenters. The van der Waals surface area contributed by atoms with Crippen molar-refractivity contribution in [2.45, 2.75) is 24.9 Å². The van der Waals surface area contributed by atoms with Crippen LogP contribution in [-0.4, -0.2) is 41.6 Å². The molecule has 1 fully saturated rings. The minimum absolute atomic E-state index is 0.00453. The second-order valence-corrected chi connectivity index (χ2v) is 8.27.